The molecule has 1 aromatic heterocycles. The zero-order valence-corrected chi connectivity index (χ0v) is 12.8. The van der Waals surface area contributed by atoms with Gasteiger partial charge in [0, 0.05) is 6.04 Å². The van der Waals surface area contributed by atoms with E-state index in [1.54, 1.807) is 0 Å². The molecular formula is C16H28N2O. The minimum Gasteiger partial charge on any atom is -0.492 e. The molecule has 0 saturated carbocycles. The summed E-state index contributed by atoms with van der Waals surface area (Å²) in [6.45, 7) is 10.5. The highest BCUT2D eigenvalue weighted by molar-refractivity contribution is 5.21. The number of nitrogens with one attached hydrogen (secondary N) is 1. The molecular weight excluding hydrogens is 236 g/mol. The standard InChI is InChI=1S/C16H28N2O/c1-5-15(17-6-2)16-10-9-14(12-18-16)19-11-7-8-13(3)4/h9-10,12-13,15,17H,5-8,11H2,1-4H3. The van der Waals surface area contributed by atoms with Gasteiger partial charge in [0.25, 0.3) is 0 Å². The van der Waals surface area contributed by atoms with Gasteiger partial charge in [-0.25, -0.2) is 0 Å². The molecule has 0 bridgehead atoms. The van der Waals surface area contributed by atoms with E-state index in [0.29, 0.717) is 6.04 Å². The third-order valence-corrected chi connectivity index (χ3v) is 3.17. The minimum absolute atomic E-state index is 0.347. The maximum atomic E-state index is 5.70. The fraction of sp³-hybridized carbons (Fsp3) is 0.688. The van der Waals surface area contributed by atoms with Crippen molar-refractivity contribution in [3.05, 3.63) is 24.0 Å². The Morgan fingerprint density at radius 3 is 2.58 bits per heavy atom. The first-order chi connectivity index (χ1) is 9.17. The van der Waals surface area contributed by atoms with Crippen LogP contribution in [-0.2, 0) is 0 Å². The van der Waals surface area contributed by atoms with Crippen molar-refractivity contribution in [1.29, 1.82) is 0 Å². The second kappa shape index (κ2) is 8.92. The highest BCUT2D eigenvalue weighted by atomic mass is 16.5. The van der Waals surface area contributed by atoms with Crippen molar-refractivity contribution < 1.29 is 4.74 Å². The number of rotatable bonds is 9. The lowest BCUT2D eigenvalue weighted by Gasteiger charge is -2.15. The maximum Gasteiger partial charge on any atom is 0.137 e. The molecule has 0 aromatic carbocycles. The third-order valence-electron chi connectivity index (χ3n) is 3.17. The predicted molar refractivity (Wildman–Crippen MR) is 80.5 cm³/mol. The monoisotopic (exact) mass is 264 g/mol. The smallest absolute Gasteiger partial charge is 0.137 e. The van der Waals surface area contributed by atoms with Gasteiger partial charge in [0.05, 0.1) is 18.5 Å². The maximum absolute atomic E-state index is 5.70. The molecule has 108 valence electrons. The second-order valence-electron chi connectivity index (χ2n) is 5.32. The molecule has 1 atom stereocenters. The quantitative estimate of drug-likeness (QED) is 0.686. The summed E-state index contributed by atoms with van der Waals surface area (Å²) in [5.41, 5.74) is 1.10. The van der Waals surface area contributed by atoms with E-state index in [4.69, 9.17) is 4.74 Å². The van der Waals surface area contributed by atoms with E-state index in [-0.39, 0.29) is 0 Å². The fourth-order valence-corrected chi connectivity index (χ4v) is 2.07. The van der Waals surface area contributed by atoms with Crippen LogP contribution in [0.1, 0.15) is 58.7 Å². The Hall–Kier alpha value is -1.09. The highest BCUT2D eigenvalue weighted by Gasteiger charge is 2.08. The van der Waals surface area contributed by atoms with Gasteiger partial charge in [-0.05, 0) is 43.9 Å². The van der Waals surface area contributed by atoms with E-state index in [2.05, 4.69) is 44.1 Å². The molecule has 0 saturated heterocycles. The molecule has 1 heterocycles. The van der Waals surface area contributed by atoms with Gasteiger partial charge in [0.2, 0.25) is 0 Å². The van der Waals surface area contributed by atoms with Crippen LogP contribution in [0.15, 0.2) is 18.3 Å². The van der Waals surface area contributed by atoms with Crippen molar-refractivity contribution in [2.75, 3.05) is 13.2 Å². The largest absolute Gasteiger partial charge is 0.492 e. The molecule has 0 amide bonds. The summed E-state index contributed by atoms with van der Waals surface area (Å²) in [5.74, 6) is 1.62. The van der Waals surface area contributed by atoms with Crippen molar-refractivity contribution in [3.8, 4) is 5.75 Å². The van der Waals surface area contributed by atoms with Crippen LogP contribution in [0.2, 0.25) is 0 Å². The molecule has 1 N–H and O–H groups in total. The van der Waals surface area contributed by atoms with E-state index in [9.17, 15) is 0 Å². The SMILES string of the molecule is CCNC(CC)c1ccc(OCCCC(C)C)cn1. The Balaban J connectivity index is 2.42. The van der Waals surface area contributed by atoms with Crippen LogP contribution in [-0.4, -0.2) is 18.1 Å². The molecule has 3 heteroatoms. The van der Waals surface area contributed by atoms with Crippen LogP contribution >= 0.6 is 0 Å². The third kappa shape index (κ3) is 6.06. The van der Waals surface area contributed by atoms with Crippen LogP contribution < -0.4 is 10.1 Å². The predicted octanol–water partition coefficient (Wildman–Crippen LogP) is 3.96. The van der Waals surface area contributed by atoms with Crippen LogP contribution in [0.5, 0.6) is 5.75 Å². The van der Waals surface area contributed by atoms with Crippen LogP contribution in [0.25, 0.3) is 0 Å². The number of ether oxygens (including phenoxy) is 1. The molecule has 1 unspecified atom stereocenters. The molecule has 0 aliphatic rings. The zero-order chi connectivity index (χ0) is 14.1. The number of hydrogen-bond donors (Lipinski definition) is 1. The average molecular weight is 264 g/mol. The summed E-state index contributed by atoms with van der Waals surface area (Å²) in [7, 11) is 0. The van der Waals surface area contributed by atoms with Gasteiger partial charge >= 0.3 is 0 Å². The fourth-order valence-electron chi connectivity index (χ4n) is 2.07. The molecule has 3 nitrogen and oxygen atoms in total. The van der Waals surface area contributed by atoms with E-state index in [1.807, 2.05) is 12.3 Å². The van der Waals surface area contributed by atoms with Gasteiger partial charge in [-0.15, -0.1) is 0 Å². The Morgan fingerprint density at radius 1 is 1.26 bits per heavy atom. The summed E-state index contributed by atoms with van der Waals surface area (Å²) in [5, 5.41) is 3.43. The first-order valence-corrected chi connectivity index (χ1v) is 7.49. The van der Waals surface area contributed by atoms with E-state index < -0.39 is 0 Å². The summed E-state index contributed by atoms with van der Waals surface area (Å²) in [6.07, 6.45) is 5.21. The van der Waals surface area contributed by atoms with E-state index in [0.717, 1.165) is 43.4 Å². The lowest BCUT2D eigenvalue weighted by molar-refractivity contribution is 0.296. The van der Waals surface area contributed by atoms with Crippen molar-refractivity contribution in [3.63, 3.8) is 0 Å². The van der Waals surface area contributed by atoms with Gasteiger partial charge in [-0.3, -0.25) is 4.98 Å². The second-order valence-corrected chi connectivity index (χ2v) is 5.32. The Kier molecular flexibility index (Phi) is 7.49. The zero-order valence-electron chi connectivity index (χ0n) is 12.8. The normalized spacial score (nSPS) is 12.7. The van der Waals surface area contributed by atoms with Gasteiger partial charge in [0.15, 0.2) is 0 Å². The number of aromatic nitrogens is 1. The average Bonchev–Trinajstić information content (AvgIpc) is 2.41. The Morgan fingerprint density at radius 2 is 2.05 bits per heavy atom. The lowest BCUT2D eigenvalue weighted by Crippen LogP contribution is -2.20. The molecule has 0 aliphatic heterocycles. The van der Waals surface area contributed by atoms with Crippen molar-refractivity contribution in [1.82, 2.24) is 10.3 Å². The summed E-state index contributed by atoms with van der Waals surface area (Å²) < 4.78 is 5.70. The lowest BCUT2D eigenvalue weighted by atomic mass is 10.1. The molecule has 0 spiro atoms. The van der Waals surface area contributed by atoms with E-state index >= 15 is 0 Å². The van der Waals surface area contributed by atoms with Crippen LogP contribution in [0.3, 0.4) is 0 Å². The molecule has 19 heavy (non-hydrogen) atoms. The van der Waals surface area contributed by atoms with Crippen molar-refractivity contribution >= 4 is 0 Å². The number of pyridine rings is 1. The minimum atomic E-state index is 0.347. The molecule has 0 fully saturated rings. The number of nitrogens with zero attached hydrogens (tertiary/aromatic N) is 1. The van der Waals surface area contributed by atoms with Crippen LogP contribution in [0.4, 0.5) is 0 Å². The first kappa shape index (κ1) is 16.0. The molecule has 0 radical (unpaired) electrons. The highest BCUT2D eigenvalue weighted by Crippen LogP contribution is 2.17. The molecule has 1 rings (SSSR count). The van der Waals surface area contributed by atoms with Gasteiger partial charge in [-0.1, -0.05) is 27.7 Å². The Labute approximate surface area is 117 Å². The van der Waals surface area contributed by atoms with Gasteiger partial charge in [0.1, 0.15) is 5.75 Å². The van der Waals surface area contributed by atoms with Crippen LogP contribution in [0, 0.1) is 5.92 Å². The topological polar surface area (TPSA) is 34.1 Å². The Bertz CT molecular complexity index is 335. The molecule has 0 aliphatic carbocycles. The summed E-state index contributed by atoms with van der Waals surface area (Å²) >= 11 is 0. The van der Waals surface area contributed by atoms with E-state index in [1.165, 1.54) is 6.42 Å². The summed E-state index contributed by atoms with van der Waals surface area (Å²) in [4.78, 5) is 4.49. The number of hydrogen-bond acceptors (Lipinski definition) is 3. The van der Waals surface area contributed by atoms with Crippen molar-refractivity contribution in [2.24, 2.45) is 5.92 Å². The van der Waals surface area contributed by atoms with Crippen molar-refractivity contribution in [2.45, 2.75) is 53.0 Å². The van der Waals surface area contributed by atoms with Gasteiger partial charge in [-0.2, -0.15) is 0 Å². The first-order valence-electron chi connectivity index (χ1n) is 7.49. The van der Waals surface area contributed by atoms with Gasteiger partial charge < -0.3 is 10.1 Å². The summed E-state index contributed by atoms with van der Waals surface area (Å²) in [6, 6.07) is 4.44. The molecule has 1 aromatic rings.